The van der Waals surface area contributed by atoms with E-state index in [9.17, 15) is 18.0 Å². The van der Waals surface area contributed by atoms with Crippen molar-refractivity contribution in [1.82, 2.24) is 14.5 Å². The second-order valence-electron chi connectivity index (χ2n) is 6.65. The second-order valence-corrected chi connectivity index (χ2v) is 9.03. The van der Waals surface area contributed by atoms with E-state index in [4.69, 9.17) is 16.3 Å². The van der Waals surface area contributed by atoms with Gasteiger partial charge in [-0.25, -0.2) is 8.42 Å². The van der Waals surface area contributed by atoms with Crippen molar-refractivity contribution in [3.05, 3.63) is 59.1 Å². The predicted molar refractivity (Wildman–Crippen MR) is 112 cm³/mol. The first-order valence-corrected chi connectivity index (χ1v) is 11.1. The minimum Gasteiger partial charge on any atom is -0.497 e. The Balaban J connectivity index is 1.53. The quantitative estimate of drug-likeness (QED) is 0.719. The summed E-state index contributed by atoms with van der Waals surface area (Å²) in [5.41, 5.74) is 0.366. The number of benzene rings is 2. The molecule has 1 aliphatic rings. The Morgan fingerprint density at radius 1 is 1.07 bits per heavy atom. The van der Waals surface area contributed by atoms with Gasteiger partial charge in [0.2, 0.25) is 15.9 Å². The lowest BCUT2D eigenvalue weighted by Gasteiger charge is -2.34. The number of nitrogens with zero attached hydrogens (tertiary/aromatic N) is 2. The van der Waals surface area contributed by atoms with E-state index in [1.807, 2.05) is 0 Å². The van der Waals surface area contributed by atoms with Gasteiger partial charge in [0, 0.05) is 36.8 Å². The average Bonchev–Trinajstić information content (AvgIpc) is 2.77. The number of hydrogen-bond donors (Lipinski definition) is 1. The number of amides is 2. The molecule has 1 fully saturated rings. The molecule has 160 valence electrons. The van der Waals surface area contributed by atoms with E-state index in [1.165, 1.54) is 34.5 Å². The molecule has 0 radical (unpaired) electrons. The number of hydrogen-bond acceptors (Lipinski definition) is 5. The molecule has 2 aromatic rings. The van der Waals surface area contributed by atoms with Crippen molar-refractivity contribution < 1.29 is 22.7 Å². The highest BCUT2D eigenvalue weighted by Gasteiger charge is 2.30. The third kappa shape index (κ3) is 5.10. The van der Waals surface area contributed by atoms with Gasteiger partial charge in [0.1, 0.15) is 5.75 Å². The summed E-state index contributed by atoms with van der Waals surface area (Å²) in [4.78, 5) is 26.3. The van der Waals surface area contributed by atoms with Crippen molar-refractivity contribution in [2.24, 2.45) is 0 Å². The molecule has 3 rings (SSSR count). The van der Waals surface area contributed by atoms with Gasteiger partial charge in [-0.05, 0) is 42.5 Å². The first-order valence-electron chi connectivity index (χ1n) is 9.27. The van der Waals surface area contributed by atoms with Crippen LogP contribution in [0, 0.1) is 0 Å². The number of carbonyl (C=O) groups is 2. The molecule has 0 bridgehead atoms. The summed E-state index contributed by atoms with van der Waals surface area (Å²) >= 11 is 5.87. The van der Waals surface area contributed by atoms with Gasteiger partial charge in [-0.1, -0.05) is 17.7 Å². The van der Waals surface area contributed by atoms with Crippen molar-refractivity contribution in [2.75, 3.05) is 39.8 Å². The Kier molecular flexibility index (Phi) is 6.96. The summed E-state index contributed by atoms with van der Waals surface area (Å²) in [6, 6.07) is 12.6. The first-order chi connectivity index (χ1) is 14.3. The Morgan fingerprint density at radius 3 is 2.33 bits per heavy atom. The average molecular weight is 452 g/mol. The van der Waals surface area contributed by atoms with E-state index in [0.717, 1.165) is 0 Å². The van der Waals surface area contributed by atoms with Gasteiger partial charge in [0.05, 0.1) is 18.6 Å². The molecule has 0 aliphatic carbocycles. The molecule has 0 spiro atoms. The Bertz CT molecular complexity index is 1020. The van der Waals surface area contributed by atoms with Gasteiger partial charge in [-0.3, -0.25) is 9.59 Å². The third-order valence-corrected chi connectivity index (χ3v) is 6.92. The molecule has 1 aliphatic heterocycles. The SMILES string of the molecule is COc1ccc(S(=O)(=O)N2CCN(C(=O)CNC(=O)c3cccc(Cl)c3)CC2)cc1. The van der Waals surface area contributed by atoms with Crippen LogP contribution in [-0.2, 0) is 14.8 Å². The molecule has 2 amide bonds. The topological polar surface area (TPSA) is 96.0 Å². The van der Waals surface area contributed by atoms with Gasteiger partial charge < -0.3 is 15.0 Å². The molecule has 0 unspecified atom stereocenters. The number of ether oxygens (including phenoxy) is 1. The highest BCUT2D eigenvalue weighted by molar-refractivity contribution is 7.89. The van der Waals surface area contributed by atoms with Crippen LogP contribution in [0.15, 0.2) is 53.4 Å². The summed E-state index contributed by atoms with van der Waals surface area (Å²) in [6.07, 6.45) is 0. The molecule has 1 saturated heterocycles. The monoisotopic (exact) mass is 451 g/mol. The first kappa shape index (κ1) is 22.1. The normalized spacial score (nSPS) is 14.9. The minimum absolute atomic E-state index is 0.170. The van der Waals surface area contributed by atoms with Crippen molar-refractivity contribution in [2.45, 2.75) is 4.90 Å². The maximum atomic E-state index is 12.8. The summed E-state index contributed by atoms with van der Waals surface area (Å²) in [6.45, 7) is 0.698. The number of piperazine rings is 1. The fraction of sp³-hybridized carbons (Fsp3) is 0.300. The minimum atomic E-state index is -3.64. The molecule has 2 aromatic carbocycles. The highest BCUT2D eigenvalue weighted by atomic mass is 35.5. The van der Waals surface area contributed by atoms with E-state index in [1.54, 1.807) is 30.3 Å². The lowest BCUT2D eigenvalue weighted by Crippen LogP contribution is -2.52. The lowest BCUT2D eigenvalue weighted by molar-refractivity contribution is -0.131. The van der Waals surface area contributed by atoms with Gasteiger partial charge in [-0.2, -0.15) is 4.31 Å². The lowest BCUT2D eigenvalue weighted by atomic mass is 10.2. The zero-order chi connectivity index (χ0) is 21.7. The van der Waals surface area contributed by atoms with E-state index in [2.05, 4.69) is 5.32 Å². The fourth-order valence-corrected chi connectivity index (χ4v) is 4.69. The van der Waals surface area contributed by atoms with Crippen LogP contribution in [0.4, 0.5) is 0 Å². The fourth-order valence-electron chi connectivity index (χ4n) is 3.07. The van der Waals surface area contributed by atoms with Gasteiger partial charge in [0.15, 0.2) is 0 Å². The molecule has 30 heavy (non-hydrogen) atoms. The zero-order valence-electron chi connectivity index (χ0n) is 16.4. The van der Waals surface area contributed by atoms with Crippen LogP contribution in [0.2, 0.25) is 5.02 Å². The van der Waals surface area contributed by atoms with E-state index in [-0.39, 0.29) is 43.5 Å². The van der Waals surface area contributed by atoms with Crippen molar-refractivity contribution in [3.63, 3.8) is 0 Å². The largest absolute Gasteiger partial charge is 0.497 e. The highest BCUT2D eigenvalue weighted by Crippen LogP contribution is 2.20. The molecule has 0 saturated carbocycles. The molecule has 0 aromatic heterocycles. The third-order valence-electron chi connectivity index (χ3n) is 4.78. The van der Waals surface area contributed by atoms with Crippen molar-refractivity contribution >= 4 is 33.4 Å². The summed E-state index contributed by atoms with van der Waals surface area (Å²) in [7, 11) is -2.13. The Labute approximate surface area is 180 Å². The van der Waals surface area contributed by atoms with Crippen LogP contribution in [0.5, 0.6) is 5.75 Å². The van der Waals surface area contributed by atoms with Crippen molar-refractivity contribution in [1.29, 1.82) is 0 Å². The van der Waals surface area contributed by atoms with Gasteiger partial charge >= 0.3 is 0 Å². The van der Waals surface area contributed by atoms with Gasteiger partial charge in [-0.15, -0.1) is 0 Å². The number of sulfonamides is 1. The van der Waals surface area contributed by atoms with Crippen molar-refractivity contribution in [3.8, 4) is 5.75 Å². The Morgan fingerprint density at radius 2 is 1.73 bits per heavy atom. The number of halogens is 1. The smallest absolute Gasteiger partial charge is 0.251 e. The van der Waals surface area contributed by atoms with Crippen LogP contribution in [-0.4, -0.2) is 69.3 Å². The molecular weight excluding hydrogens is 430 g/mol. The van der Waals surface area contributed by atoms with E-state index < -0.39 is 15.9 Å². The standard InChI is InChI=1S/C20H22ClN3O5S/c1-29-17-5-7-18(8-6-17)30(27,28)24-11-9-23(10-12-24)19(25)14-22-20(26)15-3-2-4-16(21)13-15/h2-8,13H,9-12,14H2,1H3,(H,22,26). The number of rotatable bonds is 6. The second kappa shape index (κ2) is 9.46. The van der Waals surface area contributed by atoms with Gasteiger partial charge in [0.25, 0.3) is 5.91 Å². The summed E-state index contributed by atoms with van der Waals surface area (Å²) < 4.78 is 32.0. The van der Waals surface area contributed by atoms with Crippen LogP contribution in [0.3, 0.4) is 0 Å². The van der Waals surface area contributed by atoms with Crippen LogP contribution >= 0.6 is 11.6 Å². The molecular formula is C20H22ClN3O5S. The molecule has 0 atom stereocenters. The summed E-state index contributed by atoms with van der Waals surface area (Å²) in [5.74, 6) is -0.0948. The van der Waals surface area contributed by atoms with Crippen LogP contribution < -0.4 is 10.1 Å². The summed E-state index contributed by atoms with van der Waals surface area (Å²) in [5, 5.41) is 3.00. The van der Waals surface area contributed by atoms with Crippen LogP contribution in [0.1, 0.15) is 10.4 Å². The Hall–Kier alpha value is -2.62. The number of methoxy groups -OCH3 is 1. The molecule has 1 heterocycles. The zero-order valence-corrected chi connectivity index (χ0v) is 17.9. The van der Waals surface area contributed by atoms with Crippen LogP contribution in [0.25, 0.3) is 0 Å². The predicted octanol–water partition coefficient (Wildman–Crippen LogP) is 1.61. The number of nitrogens with one attached hydrogen (secondary N) is 1. The number of carbonyl (C=O) groups excluding carboxylic acids is 2. The molecule has 1 N–H and O–H groups in total. The maximum Gasteiger partial charge on any atom is 0.251 e. The van der Waals surface area contributed by atoms with E-state index >= 15 is 0 Å². The maximum absolute atomic E-state index is 12.8. The molecule has 10 heteroatoms. The van der Waals surface area contributed by atoms with E-state index in [0.29, 0.717) is 16.3 Å². The molecule has 8 nitrogen and oxygen atoms in total.